The van der Waals surface area contributed by atoms with Crippen LogP contribution in [0, 0.1) is 5.92 Å². The lowest BCUT2D eigenvalue weighted by atomic mass is 9.99. The van der Waals surface area contributed by atoms with Crippen molar-refractivity contribution in [2.24, 2.45) is 5.92 Å². The number of likely N-dealkylation sites (tertiary alicyclic amines) is 1. The molecule has 1 unspecified atom stereocenters. The zero-order valence-corrected chi connectivity index (χ0v) is 7.88. The fourth-order valence-corrected chi connectivity index (χ4v) is 1.62. The van der Waals surface area contributed by atoms with Gasteiger partial charge in [-0.25, -0.2) is 0 Å². The van der Waals surface area contributed by atoms with Crippen LogP contribution in [0.4, 0.5) is 0 Å². The smallest absolute Gasteiger partial charge is 0.310 e. The van der Waals surface area contributed by atoms with Crippen LogP contribution in [0.3, 0.4) is 0 Å². The van der Waals surface area contributed by atoms with Crippen molar-refractivity contribution in [3.05, 3.63) is 0 Å². The highest BCUT2D eigenvalue weighted by molar-refractivity contribution is 5.72. The molecule has 0 amide bonds. The van der Waals surface area contributed by atoms with Crippen LogP contribution in [-0.4, -0.2) is 37.6 Å². The monoisotopic (exact) mass is 171 g/mol. The van der Waals surface area contributed by atoms with Gasteiger partial charge >= 0.3 is 5.97 Å². The summed E-state index contributed by atoms with van der Waals surface area (Å²) in [6, 6.07) is 0. The molecule has 0 aromatic rings. The second kappa shape index (κ2) is 4.45. The summed E-state index contributed by atoms with van der Waals surface area (Å²) in [6.07, 6.45) is 2.10. The fraction of sp³-hybridized carbons (Fsp3) is 0.889. The van der Waals surface area contributed by atoms with Gasteiger partial charge in [-0.05, 0) is 33.4 Å². The second-order valence-electron chi connectivity index (χ2n) is 3.35. The lowest BCUT2D eigenvalue weighted by Gasteiger charge is -2.27. The molecule has 1 atom stereocenters. The zero-order valence-electron chi connectivity index (χ0n) is 7.88. The highest BCUT2D eigenvalue weighted by Crippen LogP contribution is 2.16. The van der Waals surface area contributed by atoms with E-state index in [9.17, 15) is 4.79 Å². The molecule has 3 heteroatoms. The maximum Gasteiger partial charge on any atom is 0.310 e. The Hall–Kier alpha value is -0.570. The number of esters is 1. The number of carbonyl (C=O) groups excluding carboxylic acids is 1. The van der Waals surface area contributed by atoms with Crippen LogP contribution < -0.4 is 0 Å². The van der Waals surface area contributed by atoms with Gasteiger partial charge in [0.1, 0.15) is 0 Å². The molecular formula is C9H17NO2. The van der Waals surface area contributed by atoms with E-state index in [0.29, 0.717) is 6.61 Å². The number of ether oxygens (including phenoxy) is 1. The van der Waals surface area contributed by atoms with Crippen LogP contribution in [0.1, 0.15) is 19.8 Å². The summed E-state index contributed by atoms with van der Waals surface area (Å²) in [5.74, 6) is 0.0905. The van der Waals surface area contributed by atoms with Crippen LogP contribution in [0.2, 0.25) is 0 Å². The number of nitrogens with zero attached hydrogens (tertiary/aromatic N) is 1. The Morgan fingerprint density at radius 3 is 3.00 bits per heavy atom. The molecule has 1 fully saturated rings. The molecule has 1 aliphatic heterocycles. The minimum absolute atomic E-state index is 0.0240. The Balaban J connectivity index is 2.35. The van der Waals surface area contributed by atoms with Gasteiger partial charge in [0.2, 0.25) is 0 Å². The standard InChI is InChI=1S/C9H17NO2/c1-3-12-9(11)8-5-4-6-10(2)7-8/h8H,3-7H2,1-2H3. The van der Waals surface area contributed by atoms with E-state index in [4.69, 9.17) is 4.74 Å². The number of piperidine rings is 1. The summed E-state index contributed by atoms with van der Waals surface area (Å²) >= 11 is 0. The highest BCUT2D eigenvalue weighted by atomic mass is 16.5. The van der Waals surface area contributed by atoms with Crippen molar-refractivity contribution in [2.75, 3.05) is 26.7 Å². The maximum absolute atomic E-state index is 11.3. The quantitative estimate of drug-likeness (QED) is 0.578. The third-order valence-corrected chi connectivity index (χ3v) is 2.24. The van der Waals surface area contributed by atoms with Crippen LogP contribution >= 0.6 is 0 Å². The van der Waals surface area contributed by atoms with Crippen molar-refractivity contribution < 1.29 is 9.53 Å². The van der Waals surface area contributed by atoms with Gasteiger partial charge in [0.15, 0.2) is 0 Å². The van der Waals surface area contributed by atoms with Crippen molar-refractivity contribution in [1.29, 1.82) is 0 Å². The van der Waals surface area contributed by atoms with Gasteiger partial charge in [-0.1, -0.05) is 0 Å². The first-order valence-corrected chi connectivity index (χ1v) is 4.59. The molecule has 1 aliphatic rings. The lowest BCUT2D eigenvalue weighted by molar-refractivity contribution is -0.149. The van der Waals surface area contributed by atoms with Crippen LogP contribution in [0.25, 0.3) is 0 Å². The average Bonchev–Trinajstić information content (AvgIpc) is 2.05. The van der Waals surface area contributed by atoms with Crippen molar-refractivity contribution in [3.63, 3.8) is 0 Å². The largest absolute Gasteiger partial charge is 0.466 e. The van der Waals surface area contributed by atoms with E-state index >= 15 is 0 Å². The minimum Gasteiger partial charge on any atom is -0.466 e. The Labute approximate surface area is 73.7 Å². The SMILES string of the molecule is CCOC(=O)C1CCCN(C)C1. The molecule has 0 N–H and O–H groups in total. The number of rotatable bonds is 2. The molecule has 0 radical (unpaired) electrons. The summed E-state index contributed by atoms with van der Waals surface area (Å²) in [4.78, 5) is 13.5. The molecule has 0 aliphatic carbocycles. The summed E-state index contributed by atoms with van der Waals surface area (Å²) in [5, 5.41) is 0. The van der Waals surface area contributed by atoms with E-state index in [-0.39, 0.29) is 11.9 Å². The third-order valence-electron chi connectivity index (χ3n) is 2.24. The predicted octanol–water partition coefficient (Wildman–Crippen LogP) is 0.891. The Morgan fingerprint density at radius 1 is 1.67 bits per heavy atom. The zero-order chi connectivity index (χ0) is 8.97. The Kier molecular flexibility index (Phi) is 3.53. The molecule has 0 spiro atoms. The first-order valence-electron chi connectivity index (χ1n) is 4.59. The van der Waals surface area contributed by atoms with Gasteiger partial charge in [-0.15, -0.1) is 0 Å². The highest BCUT2D eigenvalue weighted by Gasteiger charge is 2.24. The molecule has 12 heavy (non-hydrogen) atoms. The Morgan fingerprint density at radius 2 is 2.42 bits per heavy atom. The molecule has 1 heterocycles. The van der Waals surface area contributed by atoms with E-state index in [1.807, 2.05) is 14.0 Å². The predicted molar refractivity (Wildman–Crippen MR) is 46.9 cm³/mol. The second-order valence-corrected chi connectivity index (χ2v) is 3.35. The van der Waals surface area contributed by atoms with E-state index in [1.54, 1.807) is 0 Å². The Bertz CT molecular complexity index is 159. The minimum atomic E-state index is -0.0240. The van der Waals surface area contributed by atoms with Gasteiger partial charge in [-0.3, -0.25) is 4.79 Å². The van der Waals surface area contributed by atoms with Crippen molar-refractivity contribution in [1.82, 2.24) is 4.90 Å². The summed E-state index contributed by atoms with van der Waals surface area (Å²) < 4.78 is 4.96. The van der Waals surface area contributed by atoms with E-state index in [0.717, 1.165) is 25.9 Å². The van der Waals surface area contributed by atoms with Crippen molar-refractivity contribution in [3.8, 4) is 0 Å². The fourth-order valence-electron chi connectivity index (χ4n) is 1.62. The number of hydrogen-bond acceptors (Lipinski definition) is 3. The molecule has 0 aromatic heterocycles. The van der Waals surface area contributed by atoms with E-state index in [2.05, 4.69) is 4.90 Å². The van der Waals surface area contributed by atoms with Crippen LogP contribution in [-0.2, 0) is 9.53 Å². The van der Waals surface area contributed by atoms with Gasteiger partial charge in [0, 0.05) is 6.54 Å². The number of carbonyl (C=O) groups is 1. The van der Waals surface area contributed by atoms with Crippen LogP contribution in [0.5, 0.6) is 0 Å². The average molecular weight is 171 g/mol. The normalized spacial score (nSPS) is 25.3. The molecule has 0 bridgehead atoms. The molecule has 0 aromatic carbocycles. The molecule has 70 valence electrons. The van der Waals surface area contributed by atoms with Gasteiger partial charge in [0.25, 0.3) is 0 Å². The summed E-state index contributed by atoms with van der Waals surface area (Å²) in [6.45, 7) is 4.32. The van der Waals surface area contributed by atoms with Crippen LogP contribution in [0.15, 0.2) is 0 Å². The summed E-state index contributed by atoms with van der Waals surface area (Å²) in [7, 11) is 2.05. The molecule has 0 saturated carbocycles. The first-order chi connectivity index (χ1) is 5.74. The third kappa shape index (κ3) is 2.48. The van der Waals surface area contributed by atoms with Crippen molar-refractivity contribution in [2.45, 2.75) is 19.8 Å². The summed E-state index contributed by atoms with van der Waals surface area (Å²) in [5.41, 5.74) is 0. The molecular weight excluding hydrogens is 154 g/mol. The van der Waals surface area contributed by atoms with E-state index < -0.39 is 0 Å². The maximum atomic E-state index is 11.3. The van der Waals surface area contributed by atoms with E-state index in [1.165, 1.54) is 0 Å². The molecule has 1 saturated heterocycles. The first kappa shape index (κ1) is 9.52. The molecule has 1 rings (SSSR count). The van der Waals surface area contributed by atoms with Gasteiger partial charge in [0.05, 0.1) is 12.5 Å². The molecule has 3 nitrogen and oxygen atoms in total. The number of hydrogen-bond donors (Lipinski definition) is 0. The lowest BCUT2D eigenvalue weighted by Crippen LogP contribution is -2.36. The van der Waals surface area contributed by atoms with Crippen molar-refractivity contribution >= 4 is 5.97 Å². The van der Waals surface area contributed by atoms with Gasteiger partial charge in [-0.2, -0.15) is 0 Å². The topological polar surface area (TPSA) is 29.5 Å². The van der Waals surface area contributed by atoms with Gasteiger partial charge < -0.3 is 9.64 Å².